The van der Waals surface area contributed by atoms with Crippen LogP contribution in [0.5, 0.6) is 0 Å². The number of rotatable bonds is 5. The number of fused-ring (bicyclic) bond motifs is 1. The number of benzene rings is 1. The van der Waals surface area contributed by atoms with Gasteiger partial charge in [0.2, 0.25) is 0 Å². The molecule has 6 nitrogen and oxygen atoms in total. The maximum Gasteiger partial charge on any atom is 0.319 e. The van der Waals surface area contributed by atoms with E-state index in [1.54, 1.807) is 6.20 Å². The second-order valence-electron chi connectivity index (χ2n) is 6.09. The molecule has 0 fully saturated rings. The van der Waals surface area contributed by atoms with Gasteiger partial charge >= 0.3 is 11.6 Å². The van der Waals surface area contributed by atoms with Crippen LogP contribution >= 0.6 is 0 Å². The number of anilines is 1. The van der Waals surface area contributed by atoms with Crippen molar-refractivity contribution in [2.24, 2.45) is 0 Å². The van der Waals surface area contributed by atoms with E-state index in [9.17, 15) is 10.0 Å². The fourth-order valence-corrected chi connectivity index (χ4v) is 3.11. The molecule has 0 saturated carbocycles. The molecule has 0 atom stereocenters. The second-order valence-corrected chi connectivity index (χ2v) is 6.09. The SMILES string of the molecule is CCCNC(=O)c1c(N)c2cccc(-c3cccnc3CC)c2c[n+]1[O-]. The van der Waals surface area contributed by atoms with Crippen molar-refractivity contribution in [3.8, 4) is 11.1 Å². The molecule has 134 valence electrons. The van der Waals surface area contributed by atoms with Crippen LogP contribution in [0, 0.1) is 5.21 Å². The number of nitrogens with one attached hydrogen (secondary N) is 1. The molecule has 2 aromatic heterocycles. The van der Waals surface area contributed by atoms with E-state index in [-0.39, 0.29) is 11.4 Å². The number of nitrogens with zero attached hydrogens (tertiary/aromatic N) is 2. The molecule has 0 radical (unpaired) electrons. The van der Waals surface area contributed by atoms with Gasteiger partial charge in [-0.25, -0.2) is 0 Å². The summed E-state index contributed by atoms with van der Waals surface area (Å²) in [6.07, 6.45) is 4.74. The number of nitrogens with two attached hydrogens (primary N) is 1. The number of nitrogen functional groups attached to an aromatic ring is 1. The van der Waals surface area contributed by atoms with Crippen molar-refractivity contribution in [2.45, 2.75) is 26.7 Å². The summed E-state index contributed by atoms with van der Waals surface area (Å²) in [5.74, 6) is -0.456. The minimum atomic E-state index is -0.456. The van der Waals surface area contributed by atoms with Crippen molar-refractivity contribution in [1.29, 1.82) is 0 Å². The van der Waals surface area contributed by atoms with Gasteiger partial charge in [0.05, 0.1) is 5.39 Å². The molecule has 0 aliphatic heterocycles. The van der Waals surface area contributed by atoms with Crippen LogP contribution in [0.1, 0.15) is 36.5 Å². The van der Waals surface area contributed by atoms with Crippen LogP contribution in [0.3, 0.4) is 0 Å². The quantitative estimate of drug-likeness (QED) is 0.546. The van der Waals surface area contributed by atoms with Gasteiger partial charge in [0.1, 0.15) is 5.69 Å². The van der Waals surface area contributed by atoms with E-state index in [1.165, 1.54) is 6.20 Å². The van der Waals surface area contributed by atoms with Gasteiger partial charge in [0.15, 0.2) is 6.20 Å². The molecule has 0 unspecified atom stereocenters. The molecule has 2 heterocycles. The third-order valence-corrected chi connectivity index (χ3v) is 4.38. The number of pyridine rings is 2. The third kappa shape index (κ3) is 3.06. The molecule has 3 N–H and O–H groups in total. The highest BCUT2D eigenvalue weighted by Gasteiger charge is 2.24. The Labute approximate surface area is 152 Å². The summed E-state index contributed by atoms with van der Waals surface area (Å²) >= 11 is 0. The Morgan fingerprint density at radius 3 is 2.69 bits per heavy atom. The van der Waals surface area contributed by atoms with Crippen LogP contribution in [-0.2, 0) is 6.42 Å². The van der Waals surface area contributed by atoms with Crippen LogP contribution in [0.15, 0.2) is 42.7 Å². The van der Waals surface area contributed by atoms with E-state index in [2.05, 4.69) is 10.3 Å². The van der Waals surface area contributed by atoms with E-state index >= 15 is 0 Å². The molecule has 0 bridgehead atoms. The number of aryl methyl sites for hydroxylation is 1. The van der Waals surface area contributed by atoms with Crippen LogP contribution in [0.25, 0.3) is 21.9 Å². The fraction of sp³-hybridized carbons (Fsp3) is 0.250. The third-order valence-electron chi connectivity index (χ3n) is 4.38. The maximum atomic E-state index is 12.6. The zero-order chi connectivity index (χ0) is 18.7. The summed E-state index contributed by atoms with van der Waals surface area (Å²) in [7, 11) is 0. The van der Waals surface area contributed by atoms with Crippen molar-refractivity contribution < 1.29 is 9.52 Å². The van der Waals surface area contributed by atoms with Crippen molar-refractivity contribution >= 4 is 22.4 Å². The number of amides is 1. The summed E-state index contributed by atoms with van der Waals surface area (Å²) in [5, 5.41) is 16.7. The number of aromatic nitrogens is 2. The smallest absolute Gasteiger partial charge is 0.319 e. The minimum Gasteiger partial charge on any atom is -0.618 e. The Hall–Kier alpha value is -3.15. The van der Waals surface area contributed by atoms with Gasteiger partial charge in [-0.1, -0.05) is 38.1 Å². The summed E-state index contributed by atoms with van der Waals surface area (Å²) in [6, 6.07) is 9.49. The predicted octanol–water partition coefficient (Wildman–Crippen LogP) is 2.82. The molecule has 6 heteroatoms. The lowest BCUT2D eigenvalue weighted by Gasteiger charge is -2.14. The summed E-state index contributed by atoms with van der Waals surface area (Å²) in [5.41, 5.74) is 9.12. The maximum absolute atomic E-state index is 12.6. The molecule has 0 spiro atoms. The molecule has 0 saturated heterocycles. The van der Waals surface area contributed by atoms with Gasteiger partial charge in [-0.2, -0.15) is 4.73 Å². The number of carbonyl (C=O) groups excluding carboxylic acids is 1. The number of carbonyl (C=O) groups is 1. The number of hydrogen-bond donors (Lipinski definition) is 2. The van der Waals surface area contributed by atoms with Gasteiger partial charge in [-0.3, -0.25) is 9.78 Å². The average Bonchev–Trinajstić information content (AvgIpc) is 2.66. The van der Waals surface area contributed by atoms with Gasteiger partial charge in [0, 0.05) is 29.4 Å². The van der Waals surface area contributed by atoms with Crippen molar-refractivity contribution in [3.05, 3.63) is 59.3 Å². The lowest BCUT2D eigenvalue weighted by Crippen LogP contribution is -2.40. The summed E-state index contributed by atoms with van der Waals surface area (Å²) in [6.45, 7) is 4.47. The zero-order valence-corrected chi connectivity index (χ0v) is 15.0. The van der Waals surface area contributed by atoms with Gasteiger partial charge in [0.25, 0.3) is 0 Å². The first-order valence-corrected chi connectivity index (χ1v) is 8.75. The summed E-state index contributed by atoms with van der Waals surface area (Å²) in [4.78, 5) is 16.7. The van der Waals surface area contributed by atoms with E-state index in [0.717, 1.165) is 29.7 Å². The normalized spacial score (nSPS) is 10.8. The summed E-state index contributed by atoms with van der Waals surface area (Å²) < 4.78 is 0.564. The van der Waals surface area contributed by atoms with Gasteiger partial charge < -0.3 is 16.3 Å². The number of hydrogen-bond acceptors (Lipinski definition) is 4. The largest absolute Gasteiger partial charge is 0.618 e. The van der Waals surface area contributed by atoms with Crippen molar-refractivity contribution in [1.82, 2.24) is 10.3 Å². The molecule has 3 aromatic rings. The van der Waals surface area contributed by atoms with Crippen LogP contribution in [0.2, 0.25) is 0 Å². The Kier molecular flexibility index (Phi) is 5.02. The topological polar surface area (TPSA) is 95.0 Å². The lowest BCUT2D eigenvalue weighted by molar-refractivity contribution is -0.605. The predicted molar refractivity (Wildman–Crippen MR) is 103 cm³/mol. The average molecular weight is 350 g/mol. The first-order chi connectivity index (χ1) is 12.6. The molecule has 1 aromatic carbocycles. The molecular formula is C20H22N4O2. The van der Waals surface area contributed by atoms with E-state index in [4.69, 9.17) is 5.73 Å². The highest BCUT2D eigenvalue weighted by molar-refractivity contribution is 6.08. The Morgan fingerprint density at radius 2 is 1.96 bits per heavy atom. The van der Waals surface area contributed by atoms with Crippen LogP contribution in [0.4, 0.5) is 5.69 Å². The first-order valence-electron chi connectivity index (χ1n) is 8.75. The molecule has 3 rings (SSSR count). The second kappa shape index (κ2) is 7.39. The molecule has 1 amide bonds. The molecule has 0 aliphatic rings. The standard InChI is InChI=1S/C20H22N4O2/c1-3-10-23-20(25)19-18(21)15-8-5-7-13(16(15)12-24(19)26)14-9-6-11-22-17(14)4-2/h5-9,11-12H,3-4,10,21H2,1-2H3,(H,23,25). The fourth-order valence-electron chi connectivity index (χ4n) is 3.11. The zero-order valence-electron chi connectivity index (χ0n) is 15.0. The van der Waals surface area contributed by atoms with E-state index in [0.29, 0.717) is 22.0 Å². The van der Waals surface area contributed by atoms with Crippen LogP contribution in [-0.4, -0.2) is 17.4 Å². The Morgan fingerprint density at radius 1 is 1.19 bits per heavy atom. The van der Waals surface area contributed by atoms with Gasteiger partial charge in [-0.15, -0.1) is 0 Å². The van der Waals surface area contributed by atoms with Crippen LogP contribution < -0.4 is 15.8 Å². The van der Waals surface area contributed by atoms with Gasteiger partial charge in [-0.05, 0) is 24.5 Å². The highest BCUT2D eigenvalue weighted by Crippen LogP contribution is 2.33. The van der Waals surface area contributed by atoms with Crippen molar-refractivity contribution in [2.75, 3.05) is 12.3 Å². The monoisotopic (exact) mass is 350 g/mol. The highest BCUT2D eigenvalue weighted by atomic mass is 16.5. The van der Waals surface area contributed by atoms with Crippen molar-refractivity contribution in [3.63, 3.8) is 0 Å². The van der Waals surface area contributed by atoms with E-state index < -0.39 is 5.91 Å². The lowest BCUT2D eigenvalue weighted by atomic mass is 9.96. The minimum absolute atomic E-state index is 0.0648. The first kappa shape index (κ1) is 17.7. The molecular weight excluding hydrogens is 328 g/mol. The Balaban J connectivity index is 2.22. The van der Waals surface area contributed by atoms with E-state index in [1.807, 2.05) is 44.2 Å². The Bertz CT molecular complexity index is 969. The molecule has 26 heavy (non-hydrogen) atoms. The molecule has 0 aliphatic carbocycles.